The average molecular weight is 378 g/mol. The van der Waals surface area contributed by atoms with Crippen molar-refractivity contribution in [1.82, 2.24) is 14.6 Å². The highest BCUT2D eigenvalue weighted by molar-refractivity contribution is 5.82. The fourth-order valence-corrected chi connectivity index (χ4v) is 4.68. The first kappa shape index (κ1) is 17.5. The van der Waals surface area contributed by atoms with Crippen LogP contribution in [0.5, 0.6) is 5.75 Å². The lowest BCUT2D eigenvalue weighted by Crippen LogP contribution is -2.40. The molecule has 1 unspecified atom stereocenters. The Morgan fingerprint density at radius 2 is 1.96 bits per heavy atom. The molecule has 0 spiro atoms. The maximum Gasteiger partial charge on any atom is 0.165 e. The Morgan fingerprint density at radius 1 is 1.14 bits per heavy atom. The fourth-order valence-electron chi connectivity index (χ4n) is 4.68. The number of ether oxygens (including phenoxy) is 1. The number of aliphatic hydroxyl groups is 1. The second kappa shape index (κ2) is 6.78. The van der Waals surface area contributed by atoms with E-state index < -0.39 is 0 Å². The maximum atomic E-state index is 10.2. The zero-order chi connectivity index (χ0) is 19.3. The molecule has 3 aromatic rings. The van der Waals surface area contributed by atoms with E-state index in [1.165, 1.54) is 11.3 Å². The summed E-state index contributed by atoms with van der Waals surface area (Å²) in [6.45, 7) is 3.68. The number of methoxy groups -OCH3 is 1. The lowest BCUT2D eigenvalue weighted by Gasteiger charge is -2.33. The quantitative estimate of drug-likeness (QED) is 0.759. The van der Waals surface area contributed by atoms with Crippen LogP contribution in [-0.2, 0) is 12.8 Å². The Bertz CT molecular complexity index is 1030. The monoisotopic (exact) mass is 378 g/mol. The van der Waals surface area contributed by atoms with E-state index in [1.54, 1.807) is 7.11 Å². The lowest BCUT2D eigenvalue weighted by atomic mass is 10.1. The zero-order valence-corrected chi connectivity index (χ0v) is 16.5. The number of hydrogen-bond acceptors (Lipinski definition) is 5. The molecule has 146 valence electrons. The van der Waals surface area contributed by atoms with E-state index >= 15 is 0 Å². The first-order chi connectivity index (χ1) is 13.7. The van der Waals surface area contributed by atoms with Crippen LogP contribution in [0.2, 0.25) is 0 Å². The van der Waals surface area contributed by atoms with Crippen molar-refractivity contribution in [2.24, 2.45) is 0 Å². The summed E-state index contributed by atoms with van der Waals surface area (Å²) in [6.07, 6.45) is 4.80. The summed E-state index contributed by atoms with van der Waals surface area (Å²) < 4.78 is 7.33. The second-order valence-corrected chi connectivity index (χ2v) is 7.88. The van der Waals surface area contributed by atoms with Crippen LogP contribution < -0.4 is 9.64 Å². The first-order valence-corrected chi connectivity index (χ1v) is 10.1. The lowest BCUT2D eigenvalue weighted by molar-refractivity contribution is 0.153. The van der Waals surface area contributed by atoms with Crippen molar-refractivity contribution in [3.63, 3.8) is 0 Å². The molecule has 3 heterocycles. The van der Waals surface area contributed by atoms with Gasteiger partial charge < -0.3 is 14.7 Å². The molecule has 28 heavy (non-hydrogen) atoms. The van der Waals surface area contributed by atoms with Crippen LogP contribution in [0.1, 0.15) is 36.2 Å². The van der Waals surface area contributed by atoms with Gasteiger partial charge in [0, 0.05) is 29.9 Å². The maximum absolute atomic E-state index is 10.2. The normalized spacial score (nSPS) is 19.2. The van der Waals surface area contributed by atoms with Crippen LogP contribution in [0.15, 0.2) is 24.3 Å². The molecular weight excluding hydrogens is 352 g/mol. The van der Waals surface area contributed by atoms with Gasteiger partial charge in [-0.1, -0.05) is 12.1 Å². The summed E-state index contributed by atoms with van der Waals surface area (Å²) in [5, 5.41) is 15.2. The number of β-amino-alcohol motifs (C(OH)–C–C–N with tert-alkyl or cyclic N) is 1. The smallest absolute Gasteiger partial charge is 0.165 e. The molecule has 1 fully saturated rings. The highest BCUT2D eigenvalue weighted by atomic mass is 16.5. The van der Waals surface area contributed by atoms with Crippen molar-refractivity contribution in [2.75, 3.05) is 25.1 Å². The Morgan fingerprint density at radius 3 is 2.71 bits per heavy atom. The number of aromatic nitrogens is 3. The fraction of sp³-hybridized carbons (Fsp3) is 0.455. The molecule has 1 N–H and O–H groups in total. The van der Waals surface area contributed by atoms with Crippen molar-refractivity contribution in [2.45, 2.75) is 45.1 Å². The van der Waals surface area contributed by atoms with Gasteiger partial charge in [0.15, 0.2) is 5.65 Å². The van der Waals surface area contributed by atoms with Gasteiger partial charge in [-0.2, -0.15) is 9.61 Å². The number of hydrogen-bond donors (Lipinski definition) is 1. The topological polar surface area (TPSA) is 62.9 Å². The summed E-state index contributed by atoms with van der Waals surface area (Å²) in [5.74, 6) is 1.98. The summed E-state index contributed by atoms with van der Waals surface area (Å²) in [7, 11) is 1.68. The molecule has 1 aliphatic heterocycles. The number of rotatable bonds is 3. The highest BCUT2D eigenvalue weighted by Crippen LogP contribution is 2.37. The molecule has 1 saturated heterocycles. The summed E-state index contributed by atoms with van der Waals surface area (Å²) in [4.78, 5) is 7.37. The number of piperidine rings is 1. The van der Waals surface area contributed by atoms with Crippen LogP contribution in [0.3, 0.4) is 0 Å². The van der Waals surface area contributed by atoms with Gasteiger partial charge in [0.05, 0.1) is 18.9 Å². The van der Waals surface area contributed by atoms with E-state index in [0.717, 1.165) is 72.7 Å². The SMILES string of the molecule is COc1ccc(-c2c(C)nn3c(N4CCCC(O)C4)c4c(nc23)CCC4)cc1. The van der Waals surface area contributed by atoms with Gasteiger partial charge in [-0.05, 0) is 56.7 Å². The molecule has 0 radical (unpaired) electrons. The van der Waals surface area contributed by atoms with Gasteiger partial charge in [0.1, 0.15) is 11.6 Å². The minimum atomic E-state index is -0.272. The van der Waals surface area contributed by atoms with E-state index in [0.29, 0.717) is 6.54 Å². The van der Waals surface area contributed by atoms with Crippen molar-refractivity contribution in [3.05, 3.63) is 41.2 Å². The minimum absolute atomic E-state index is 0.272. The highest BCUT2D eigenvalue weighted by Gasteiger charge is 2.29. The van der Waals surface area contributed by atoms with Crippen LogP contribution >= 0.6 is 0 Å². The molecular formula is C22H26N4O2. The molecule has 1 atom stereocenters. The molecule has 0 saturated carbocycles. The Balaban J connectivity index is 1.71. The van der Waals surface area contributed by atoms with E-state index in [1.807, 2.05) is 23.6 Å². The third-order valence-corrected chi connectivity index (χ3v) is 6.01. The van der Waals surface area contributed by atoms with Crippen LogP contribution in [-0.4, -0.2) is 46.0 Å². The largest absolute Gasteiger partial charge is 0.497 e. The number of nitrogens with zero attached hydrogens (tertiary/aromatic N) is 4. The number of fused-ring (bicyclic) bond motifs is 2. The van der Waals surface area contributed by atoms with Gasteiger partial charge in [0.2, 0.25) is 0 Å². The molecule has 1 aliphatic carbocycles. The van der Waals surface area contributed by atoms with Crippen LogP contribution in [0, 0.1) is 6.92 Å². The zero-order valence-electron chi connectivity index (χ0n) is 16.5. The summed E-state index contributed by atoms with van der Waals surface area (Å²) in [6, 6.07) is 8.10. The second-order valence-electron chi connectivity index (χ2n) is 7.88. The molecule has 2 aromatic heterocycles. The van der Waals surface area contributed by atoms with Crippen molar-refractivity contribution in [3.8, 4) is 16.9 Å². The van der Waals surface area contributed by atoms with Gasteiger partial charge in [-0.15, -0.1) is 0 Å². The van der Waals surface area contributed by atoms with Crippen LogP contribution in [0.25, 0.3) is 16.8 Å². The number of aliphatic hydroxyl groups excluding tert-OH is 1. The Kier molecular flexibility index (Phi) is 4.23. The average Bonchev–Trinajstić information content (AvgIpc) is 3.29. The third kappa shape index (κ3) is 2.75. The number of aryl methyl sites for hydroxylation is 2. The van der Waals surface area contributed by atoms with Gasteiger partial charge in [0.25, 0.3) is 0 Å². The van der Waals surface area contributed by atoms with E-state index in [2.05, 4.69) is 17.0 Å². The van der Waals surface area contributed by atoms with Crippen molar-refractivity contribution >= 4 is 11.5 Å². The predicted octanol–water partition coefficient (Wildman–Crippen LogP) is 3.16. The Labute approximate surface area is 164 Å². The van der Waals surface area contributed by atoms with Gasteiger partial charge in [-0.3, -0.25) is 0 Å². The van der Waals surface area contributed by atoms with Crippen molar-refractivity contribution in [1.29, 1.82) is 0 Å². The van der Waals surface area contributed by atoms with Gasteiger partial charge >= 0.3 is 0 Å². The number of anilines is 1. The molecule has 0 amide bonds. The van der Waals surface area contributed by atoms with Crippen LogP contribution in [0.4, 0.5) is 5.82 Å². The molecule has 0 bridgehead atoms. The Hall–Kier alpha value is -2.60. The molecule has 6 heteroatoms. The predicted molar refractivity (Wildman–Crippen MR) is 109 cm³/mol. The molecule has 5 rings (SSSR count). The summed E-state index contributed by atoms with van der Waals surface area (Å²) >= 11 is 0. The van der Waals surface area contributed by atoms with Gasteiger partial charge in [-0.25, -0.2) is 4.98 Å². The van der Waals surface area contributed by atoms with E-state index in [4.69, 9.17) is 14.8 Å². The third-order valence-electron chi connectivity index (χ3n) is 6.01. The first-order valence-electron chi connectivity index (χ1n) is 10.1. The van der Waals surface area contributed by atoms with E-state index in [9.17, 15) is 5.11 Å². The summed E-state index contributed by atoms with van der Waals surface area (Å²) in [5.41, 5.74) is 6.57. The number of benzene rings is 1. The van der Waals surface area contributed by atoms with E-state index in [-0.39, 0.29) is 6.10 Å². The minimum Gasteiger partial charge on any atom is -0.497 e. The molecule has 1 aromatic carbocycles. The molecule has 2 aliphatic rings. The van der Waals surface area contributed by atoms with Crippen molar-refractivity contribution < 1.29 is 9.84 Å². The molecule has 6 nitrogen and oxygen atoms in total. The standard InChI is InChI=1S/C22H26N4O2/c1-14-20(15-8-10-17(28-2)11-9-15)21-23-19-7-3-6-18(19)22(26(21)24-14)25-12-4-5-16(27)13-25/h8-11,16,27H,3-7,12-13H2,1-2H3.